The monoisotopic (exact) mass is 530 g/mol. The number of hydrogen-bond donors (Lipinski definition) is 3. The maximum atomic E-state index is 12.4. The molecule has 0 bridgehead atoms. The van der Waals surface area contributed by atoms with Crippen molar-refractivity contribution in [3.63, 3.8) is 0 Å². The summed E-state index contributed by atoms with van der Waals surface area (Å²) in [4.78, 5) is 0. The van der Waals surface area contributed by atoms with Crippen LogP contribution in [0.5, 0.6) is 0 Å². The Kier molecular flexibility index (Phi) is 5.81. The highest BCUT2D eigenvalue weighted by atomic mass is 16.6. The molecule has 0 aromatic carbocycles. The molecule has 3 N–H and O–H groups in total. The zero-order valence-corrected chi connectivity index (χ0v) is 25.2. The molecule has 0 aromatic heterocycles. The SMILES string of the molecule is C=C(C)O[C@@H]([C@H]1C[C@@H](C)[C@H]2[C@H](O1)[C@H](O)[C@@]1(C)[C@@H]3CC[C@H]4C(C)(C)[C@@H](O)CC[C@@]45C[C@@]35CC[C@]21C)C(C)(C)O. The lowest BCUT2D eigenvalue weighted by atomic mass is 9.41. The summed E-state index contributed by atoms with van der Waals surface area (Å²) in [6, 6.07) is 0. The summed E-state index contributed by atoms with van der Waals surface area (Å²) in [5.41, 5.74) is -0.669. The number of hydrogen-bond acceptors (Lipinski definition) is 5. The van der Waals surface area contributed by atoms with Crippen LogP contribution in [-0.4, -0.2) is 51.4 Å². The van der Waals surface area contributed by atoms with E-state index in [1.165, 1.54) is 12.8 Å². The van der Waals surface area contributed by atoms with E-state index in [2.05, 4.69) is 41.2 Å². The summed E-state index contributed by atoms with van der Waals surface area (Å²) in [7, 11) is 0. The molecule has 6 rings (SSSR count). The second-order valence-corrected chi connectivity index (χ2v) is 16.5. The van der Waals surface area contributed by atoms with Gasteiger partial charge >= 0.3 is 0 Å². The molecule has 5 nitrogen and oxygen atoms in total. The molecule has 6 fully saturated rings. The Morgan fingerprint density at radius 1 is 1.00 bits per heavy atom. The van der Waals surface area contributed by atoms with Gasteiger partial charge in [-0.05, 0) is 117 Å². The van der Waals surface area contributed by atoms with Crippen LogP contribution in [0, 0.1) is 50.7 Å². The van der Waals surface area contributed by atoms with Crippen LogP contribution in [-0.2, 0) is 9.47 Å². The van der Waals surface area contributed by atoms with Crippen LogP contribution in [0.25, 0.3) is 0 Å². The molecule has 6 aliphatic rings. The number of ether oxygens (including phenoxy) is 2. The molecule has 0 amide bonds. The zero-order valence-electron chi connectivity index (χ0n) is 25.2. The average molecular weight is 531 g/mol. The molecular formula is C33H54O5. The molecule has 216 valence electrons. The molecular weight excluding hydrogens is 476 g/mol. The van der Waals surface area contributed by atoms with Crippen LogP contribution in [0.2, 0.25) is 0 Å². The standard InChI is InChI=1S/C33H54O5/c1-18(2)37-27(29(6,7)36)20-16-19(3)24-25(38-20)26(35)31(9)22-11-10-21-28(4,5)23(34)12-13-32(21)17-33(22,32)15-14-30(24,31)8/h19-27,34-36H,1,10-17H2,2-9H3/t19-,20-,21+,22+,23+,24+,25+,26+,27+,30-,31-,32-,33+/m1/s1. The quantitative estimate of drug-likeness (QED) is 0.397. The van der Waals surface area contributed by atoms with Crippen molar-refractivity contribution in [1.82, 2.24) is 0 Å². The minimum Gasteiger partial charge on any atom is -0.490 e. The topological polar surface area (TPSA) is 79.2 Å². The summed E-state index contributed by atoms with van der Waals surface area (Å²) >= 11 is 0. The highest BCUT2D eigenvalue weighted by Crippen LogP contribution is 2.89. The van der Waals surface area contributed by atoms with Crippen molar-refractivity contribution in [2.75, 3.05) is 0 Å². The zero-order chi connectivity index (χ0) is 27.8. The van der Waals surface area contributed by atoms with Crippen LogP contribution < -0.4 is 0 Å². The average Bonchev–Trinajstić information content (AvgIpc) is 3.44. The second kappa shape index (κ2) is 8.01. The minimum absolute atomic E-state index is 0.0111. The number of aliphatic hydroxyl groups excluding tert-OH is 2. The maximum absolute atomic E-state index is 12.4. The summed E-state index contributed by atoms with van der Waals surface area (Å²) in [6.45, 7) is 21.2. The van der Waals surface area contributed by atoms with Crippen LogP contribution in [0.4, 0.5) is 0 Å². The van der Waals surface area contributed by atoms with Gasteiger partial charge in [-0.15, -0.1) is 0 Å². The minimum atomic E-state index is -1.08. The predicted octanol–water partition coefficient (Wildman–Crippen LogP) is 5.85. The molecule has 0 aromatic rings. The van der Waals surface area contributed by atoms with Crippen molar-refractivity contribution < 1.29 is 24.8 Å². The van der Waals surface area contributed by atoms with Crippen molar-refractivity contribution in [3.8, 4) is 0 Å². The molecule has 5 heteroatoms. The van der Waals surface area contributed by atoms with Gasteiger partial charge in [-0.2, -0.15) is 0 Å². The Morgan fingerprint density at radius 3 is 2.26 bits per heavy atom. The van der Waals surface area contributed by atoms with E-state index in [0.29, 0.717) is 40.3 Å². The first kappa shape index (κ1) is 27.5. The van der Waals surface area contributed by atoms with Gasteiger partial charge in [0.05, 0.1) is 35.8 Å². The fourth-order valence-corrected chi connectivity index (χ4v) is 12.4. The summed E-state index contributed by atoms with van der Waals surface area (Å²) in [6.07, 6.45) is 7.08. The van der Waals surface area contributed by atoms with Crippen LogP contribution >= 0.6 is 0 Å². The van der Waals surface area contributed by atoms with E-state index in [-0.39, 0.29) is 34.6 Å². The molecule has 2 spiro atoms. The molecule has 5 saturated carbocycles. The van der Waals surface area contributed by atoms with E-state index < -0.39 is 17.8 Å². The van der Waals surface area contributed by atoms with E-state index in [1.807, 2.05) is 6.92 Å². The van der Waals surface area contributed by atoms with Gasteiger partial charge in [0.15, 0.2) is 6.10 Å². The highest BCUT2D eigenvalue weighted by molar-refractivity contribution is 5.32. The lowest BCUT2D eigenvalue weighted by Gasteiger charge is -2.63. The number of allylic oxidation sites excluding steroid dienone is 1. The number of aliphatic hydroxyl groups is 3. The normalized spacial score (nSPS) is 55.4. The smallest absolute Gasteiger partial charge is 0.152 e. The first-order chi connectivity index (χ1) is 17.5. The Balaban J connectivity index is 1.35. The maximum Gasteiger partial charge on any atom is 0.152 e. The molecule has 1 saturated heterocycles. The first-order valence-corrected chi connectivity index (χ1v) is 15.5. The van der Waals surface area contributed by atoms with Gasteiger partial charge in [0.25, 0.3) is 0 Å². The van der Waals surface area contributed by atoms with Gasteiger partial charge in [-0.25, -0.2) is 0 Å². The first-order valence-electron chi connectivity index (χ1n) is 15.5. The molecule has 0 unspecified atom stereocenters. The molecule has 5 aliphatic carbocycles. The Morgan fingerprint density at radius 2 is 1.63 bits per heavy atom. The summed E-state index contributed by atoms with van der Waals surface area (Å²) < 4.78 is 13.0. The molecule has 0 radical (unpaired) electrons. The molecule has 38 heavy (non-hydrogen) atoms. The highest BCUT2D eigenvalue weighted by Gasteiger charge is 2.84. The molecule has 13 atom stereocenters. The third kappa shape index (κ3) is 3.14. The van der Waals surface area contributed by atoms with Crippen LogP contribution in [0.15, 0.2) is 12.3 Å². The van der Waals surface area contributed by atoms with E-state index >= 15 is 0 Å². The van der Waals surface area contributed by atoms with Gasteiger partial charge in [0.2, 0.25) is 0 Å². The van der Waals surface area contributed by atoms with Crippen molar-refractivity contribution in [1.29, 1.82) is 0 Å². The van der Waals surface area contributed by atoms with Gasteiger partial charge in [0.1, 0.15) is 0 Å². The molecule has 1 aliphatic heterocycles. The Bertz CT molecular complexity index is 1000. The van der Waals surface area contributed by atoms with Crippen molar-refractivity contribution in [2.45, 2.75) is 143 Å². The van der Waals surface area contributed by atoms with Crippen molar-refractivity contribution >= 4 is 0 Å². The van der Waals surface area contributed by atoms with E-state index in [1.54, 1.807) is 13.8 Å². The van der Waals surface area contributed by atoms with E-state index in [4.69, 9.17) is 9.47 Å². The third-order valence-electron chi connectivity index (χ3n) is 14.2. The number of rotatable bonds is 4. The Labute approximate surface area is 230 Å². The molecule has 1 heterocycles. The van der Waals surface area contributed by atoms with Crippen molar-refractivity contribution in [3.05, 3.63) is 12.3 Å². The lowest BCUT2D eigenvalue weighted by molar-refractivity contribution is -0.207. The predicted molar refractivity (Wildman–Crippen MR) is 148 cm³/mol. The van der Waals surface area contributed by atoms with Gasteiger partial charge in [0, 0.05) is 5.41 Å². The summed E-state index contributed by atoms with van der Waals surface area (Å²) in [5.74, 6) is 2.30. The van der Waals surface area contributed by atoms with E-state index in [0.717, 1.165) is 38.5 Å². The fraction of sp³-hybridized carbons (Fsp3) is 0.939. The third-order valence-corrected chi connectivity index (χ3v) is 14.2. The fourth-order valence-electron chi connectivity index (χ4n) is 12.4. The van der Waals surface area contributed by atoms with Crippen molar-refractivity contribution in [2.24, 2.45) is 50.7 Å². The van der Waals surface area contributed by atoms with Gasteiger partial charge in [-0.1, -0.05) is 41.2 Å². The Hall–Kier alpha value is -0.620. The number of fused-ring (bicyclic) bond motifs is 4. The van der Waals surface area contributed by atoms with Crippen LogP contribution in [0.1, 0.15) is 107 Å². The van der Waals surface area contributed by atoms with Crippen LogP contribution in [0.3, 0.4) is 0 Å². The van der Waals surface area contributed by atoms with E-state index in [9.17, 15) is 15.3 Å². The second-order valence-electron chi connectivity index (χ2n) is 16.5. The van der Waals surface area contributed by atoms with Gasteiger partial charge < -0.3 is 24.8 Å². The summed E-state index contributed by atoms with van der Waals surface area (Å²) in [5, 5.41) is 34.3. The largest absolute Gasteiger partial charge is 0.490 e. The van der Waals surface area contributed by atoms with Gasteiger partial charge in [-0.3, -0.25) is 0 Å². The lowest BCUT2D eigenvalue weighted by Crippen LogP contribution is -2.59.